The minimum absolute atomic E-state index is 0.137. The van der Waals surface area contributed by atoms with E-state index in [9.17, 15) is 4.39 Å². The van der Waals surface area contributed by atoms with Gasteiger partial charge in [0.25, 0.3) is 0 Å². The topological polar surface area (TPSA) is 15.3 Å². The van der Waals surface area contributed by atoms with Crippen LogP contribution in [0.4, 0.5) is 15.8 Å². The molecule has 19 heavy (non-hydrogen) atoms. The van der Waals surface area contributed by atoms with Crippen molar-refractivity contribution in [2.24, 2.45) is 0 Å². The first kappa shape index (κ1) is 13.4. The number of halogens is 1. The number of nitrogens with zero attached hydrogens (tertiary/aromatic N) is 1. The van der Waals surface area contributed by atoms with Gasteiger partial charge in [0.15, 0.2) is 0 Å². The van der Waals surface area contributed by atoms with Gasteiger partial charge in [0, 0.05) is 31.5 Å². The van der Waals surface area contributed by atoms with Crippen molar-refractivity contribution in [1.82, 2.24) is 0 Å². The van der Waals surface area contributed by atoms with E-state index < -0.39 is 0 Å². The van der Waals surface area contributed by atoms with Crippen molar-refractivity contribution >= 4 is 11.4 Å². The predicted octanol–water partition coefficient (Wildman–Crippen LogP) is 4.06. The molecule has 0 fully saturated rings. The molecular formula is C16H19FN2. The Hall–Kier alpha value is -2.03. The lowest BCUT2D eigenvalue weighted by atomic mass is 10.1. The fourth-order valence-corrected chi connectivity index (χ4v) is 1.97. The summed E-state index contributed by atoms with van der Waals surface area (Å²) in [5, 5.41) is 3.29. The van der Waals surface area contributed by atoms with Gasteiger partial charge in [0.05, 0.1) is 0 Å². The van der Waals surface area contributed by atoms with E-state index >= 15 is 0 Å². The van der Waals surface area contributed by atoms with Crippen molar-refractivity contribution in [2.45, 2.75) is 13.0 Å². The van der Waals surface area contributed by atoms with Crippen molar-refractivity contribution in [3.63, 3.8) is 0 Å². The molecule has 2 rings (SSSR count). The van der Waals surface area contributed by atoms with Crippen LogP contribution in [0.25, 0.3) is 0 Å². The molecule has 0 aromatic heterocycles. The maximum absolute atomic E-state index is 13.1. The van der Waals surface area contributed by atoms with E-state index in [0.717, 1.165) is 5.69 Å². The summed E-state index contributed by atoms with van der Waals surface area (Å²) in [4.78, 5) is 2.06. The molecule has 0 spiro atoms. The van der Waals surface area contributed by atoms with Gasteiger partial charge in [-0.05, 0) is 42.8 Å². The number of hydrogen-bond acceptors (Lipinski definition) is 2. The zero-order valence-corrected chi connectivity index (χ0v) is 11.5. The van der Waals surface area contributed by atoms with Crippen molar-refractivity contribution in [3.05, 3.63) is 59.9 Å². The van der Waals surface area contributed by atoms with Crippen LogP contribution in [0.3, 0.4) is 0 Å². The lowest BCUT2D eigenvalue weighted by Crippen LogP contribution is -2.10. The van der Waals surface area contributed by atoms with Crippen molar-refractivity contribution in [3.8, 4) is 0 Å². The maximum Gasteiger partial charge on any atom is 0.125 e. The molecule has 0 saturated carbocycles. The van der Waals surface area contributed by atoms with Crippen LogP contribution in [-0.2, 0) is 0 Å². The molecule has 0 bridgehead atoms. The molecule has 100 valence electrons. The van der Waals surface area contributed by atoms with Crippen LogP contribution in [0.15, 0.2) is 48.5 Å². The summed E-state index contributed by atoms with van der Waals surface area (Å²) in [6.45, 7) is 2.07. The van der Waals surface area contributed by atoms with Gasteiger partial charge in [-0.25, -0.2) is 4.39 Å². The van der Waals surface area contributed by atoms with Crippen LogP contribution >= 0.6 is 0 Å². The Morgan fingerprint density at radius 2 is 1.74 bits per heavy atom. The highest BCUT2D eigenvalue weighted by molar-refractivity contribution is 5.49. The Kier molecular flexibility index (Phi) is 4.05. The molecule has 2 aromatic carbocycles. The molecule has 1 N–H and O–H groups in total. The second-order valence-corrected chi connectivity index (χ2v) is 4.86. The lowest BCUT2D eigenvalue weighted by molar-refractivity contribution is 0.628. The van der Waals surface area contributed by atoms with Gasteiger partial charge >= 0.3 is 0 Å². The van der Waals surface area contributed by atoms with E-state index in [1.165, 1.54) is 23.4 Å². The van der Waals surface area contributed by atoms with Gasteiger partial charge in [-0.3, -0.25) is 0 Å². The molecule has 0 amide bonds. The molecule has 0 radical (unpaired) electrons. The molecule has 1 unspecified atom stereocenters. The van der Waals surface area contributed by atoms with E-state index in [0.29, 0.717) is 0 Å². The summed E-state index contributed by atoms with van der Waals surface area (Å²) in [5.74, 6) is -0.222. The first-order chi connectivity index (χ1) is 9.06. The molecule has 0 aliphatic heterocycles. The van der Waals surface area contributed by atoms with Gasteiger partial charge in [0.2, 0.25) is 0 Å². The average Bonchev–Trinajstić information content (AvgIpc) is 2.39. The third kappa shape index (κ3) is 3.47. The first-order valence-corrected chi connectivity index (χ1v) is 6.35. The summed E-state index contributed by atoms with van der Waals surface area (Å²) in [6, 6.07) is 15.0. The average molecular weight is 258 g/mol. The summed E-state index contributed by atoms with van der Waals surface area (Å²) in [7, 11) is 4.03. The third-order valence-corrected chi connectivity index (χ3v) is 3.12. The molecule has 1 atom stereocenters. The highest BCUT2D eigenvalue weighted by Gasteiger charge is 2.06. The Labute approximate surface area is 113 Å². The number of benzene rings is 2. The zero-order chi connectivity index (χ0) is 13.8. The second kappa shape index (κ2) is 5.74. The molecule has 0 aliphatic rings. The summed E-state index contributed by atoms with van der Waals surface area (Å²) in [5.41, 5.74) is 3.14. The molecule has 2 aromatic rings. The van der Waals surface area contributed by atoms with Gasteiger partial charge in [0.1, 0.15) is 5.82 Å². The molecule has 0 heterocycles. The van der Waals surface area contributed by atoms with Crippen LogP contribution in [0.5, 0.6) is 0 Å². The zero-order valence-electron chi connectivity index (χ0n) is 11.5. The fraction of sp³-hybridized carbons (Fsp3) is 0.250. The molecule has 0 aliphatic carbocycles. The third-order valence-electron chi connectivity index (χ3n) is 3.12. The number of rotatable bonds is 4. The Bertz CT molecular complexity index is 535. The van der Waals surface area contributed by atoms with Crippen molar-refractivity contribution in [2.75, 3.05) is 24.3 Å². The molecule has 2 nitrogen and oxygen atoms in total. The van der Waals surface area contributed by atoms with E-state index in [1.54, 1.807) is 6.07 Å². The molecule has 3 heteroatoms. The highest BCUT2D eigenvalue weighted by atomic mass is 19.1. The lowest BCUT2D eigenvalue weighted by Gasteiger charge is -2.18. The number of anilines is 2. The van der Waals surface area contributed by atoms with Crippen LogP contribution < -0.4 is 10.2 Å². The monoisotopic (exact) mass is 258 g/mol. The predicted molar refractivity (Wildman–Crippen MR) is 79.2 cm³/mol. The van der Waals surface area contributed by atoms with Gasteiger partial charge < -0.3 is 10.2 Å². The number of nitrogens with one attached hydrogen (secondary N) is 1. The van der Waals surface area contributed by atoms with E-state index in [2.05, 4.69) is 41.4 Å². The second-order valence-electron chi connectivity index (χ2n) is 4.86. The SMILES string of the molecule is CC(Nc1cccc(F)c1)c1ccc(N(C)C)cc1. The van der Waals surface area contributed by atoms with Gasteiger partial charge in [-0.15, -0.1) is 0 Å². The minimum atomic E-state index is -0.222. The summed E-state index contributed by atoms with van der Waals surface area (Å²) in [6.07, 6.45) is 0. The van der Waals surface area contributed by atoms with Crippen LogP contribution in [0.2, 0.25) is 0 Å². The van der Waals surface area contributed by atoms with Crippen molar-refractivity contribution in [1.29, 1.82) is 0 Å². The Morgan fingerprint density at radius 3 is 2.32 bits per heavy atom. The standard InChI is InChI=1S/C16H19FN2/c1-12(18-15-6-4-5-14(17)11-15)13-7-9-16(10-8-13)19(2)3/h4-12,18H,1-3H3. The fourth-order valence-electron chi connectivity index (χ4n) is 1.97. The van der Waals surface area contributed by atoms with Gasteiger partial charge in [-0.1, -0.05) is 18.2 Å². The molecule has 0 saturated heterocycles. The molecular weight excluding hydrogens is 239 g/mol. The van der Waals surface area contributed by atoms with E-state index in [1.807, 2.05) is 20.2 Å². The highest BCUT2D eigenvalue weighted by Crippen LogP contribution is 2.22. The van der Waals surface area contributed by atoms with Crippen molar-refractivity contribution < 1.29 is 4.39 Å². The Morgan fingerprint density at radius 1 is 1.05 bits per heavy atom. The minimum Gasteiger partial charge on any atom is -0.378 e. The largest absolute Gasteiger partial charge is 0.378 e. The van der Waals surface area contributed by atoms with Crippen LogP contribution in [-0.4, -0.2) is 14.1 Å². The van der Waals surface area contributed by atoms with E-state index in [4.69, 9.17) is 0 Å². The van der Waals surface area contributed by atoms with Gasteiger partial charge in [-0.2, -0.15) is 0 Å². The number of hydrogen-bond donors (Lipinski definition) is 1. The normalized spacial score (nSPS) is 12.0. The Balaban J connectivity index is 2.09. The smallest absolute Gasteiger partial charge is 0.125 e. The van der Waals surface area contributed by atoms with Crippen LogP contribution in [0.1, 0.15) is 18.5 Å². The van der Waals surface area contributed by atoms with Crippen LogP contribution in [0, 0.1) is 5.82 Å². The maximum atomic E-state index is 13.1. The summed E-state index contributed by atoms with van der Waals surface area (Å²) >= 11 is 0. The quantitative estimate of drug-likeness (QED) is 0.889. The summed E-state index contributed by atoms with van der Waals surface area (Å²) < 4.78 is 13.1. The first-order valence-electron chi connectivity index (χ1n) is 6.35. The van der Waals surface area contributed by atoms with E-state index in [-0.39, 0.29) is 11.9 Å².